The van der Waals surface area contributed by atoms with Crippen molar-refractivity contribution in [2.24, 2.45) is 0 Å². The van der Waals surface area contributed by atoms with Crippen molar-refractivity contribution in [3.63, 3.8) is 0 Å². The van der Waals surface area contributed by atoms with Crippen molar-refractivity contribution in [2.75, 3.05) is 12.9 Å². The Morgan fingerprint density at radius 1 is 1.04 bits per heavy atom. The molecule has 0 spiro atoms. The Bertz CT molecular complexity index is 410. The molecule has 0 aromatic rings. The first-order chi connectivity index (χ1) is 11.5. The maximum Gasteiger partial charge on any atom is 0.305 e. The van der Waals surface area contributed by atoms with Gasteiger partial charge < -0.3 is 10.1 Å². The fourth-order valence-electron chi connectivity index (χ4n) is 2.21. The predicted octanol–water partition coefficient (Wildman–Crippen LogP) is 3.62. The van der Waals surface area contributed by atoms with E-state index < -0.39 is 0 Å². The zero-order valence-electron chi connectivity index (χ0n) is 15.1. The zero-order chi connectivity index (χ0) is 18.2. The number of methoxy groups -OCH3 is 1. The summed E-state index contributed by atoms with van der Waals surface area (Å²) in [5.74, 6) is 0.364. The molecule has 0 aromatic heterocycles. The Kier molecular flexibility index (Phi) is 14.4. The van der Waals surface area contributed by atoms with Crippen molar-refractivity contribution >= 4 is 28.8 Å². The van der Waals surface area contributed by atoms with E-state index in [0.29, 0.717) is 12.2 Å². The second kappa shape index (κ2) is 15.2. The first-order valence-corrected chi connectivity index (χ1v) is 9.58. The van der Waals surface area contributed by atoms with E-state index in [0.717, 1.165) is 38.5 Å². The van der Waals surface area contributed by atoms with Crippen molar-refractivity contribution in [2.45, 2.75) is 71.3 Å². The number of carbonyl (C=O) groups excluding carboxylic acids is 3. The van der Waals surface area contributed by atoms with Crippen molar-refractivity contribution in [3.8, 4) is 0 Å². The third-order valence-corrected chi connectivity index (χ3v) is 4.38. The molecule has 0 rings (SSSR count). The normalized spacial score (nSPS) is 12.1. The molecule has 5 nitrogen and oxygen atoms in total. The van der Waals surface area contributed by atoms with Crippen LogP contribution < -0.4 is 5.32 Å². The average Bonchev–Trinajstić information content (AvgIpc) is 2.53. The molecule has 24 heavy (non-hydrogen) atoms. The predicted molar refractivity (Wildman–Crippen MR) is 98.8 cm³/mol. The minimum Gasteiger partial charge on any atom is -0.469 e. The summed E-state index contributed by atoms with van der Waals surface area (Å²) in [6.07, 6.45) is 12.1. The molecule has 0 bridgehead atoms. The van der Waals surface area contributed by atoms with Crippen LogP contribution in [0.4, 0.5) is 0 Å². The van der Waals surface area contributed by atoms with Crippen molar-refractivity contribution in [1.29, 1.82) is 0 Å². The molecule has 0 saturated heterocycles. The summed E-state index contributed by atoms with van der Waals surface area (Å²) in [6, 6.07) is -0.0882. The van der Waals surface area contributed by atoms with Crippen LogP contribution >= 0.6 is 11.8 Å². The van der Waals surface area contributed by atoms with E-state index in [-0.39, 0.29) is 23.0 Å². The number of unbranched alkanes of at least 4 members (excludes halogenated alkanes) is 6. The number of hydrogen-bond acceptors (Lipinski definition) is 5. The highest BCUT2D eigenvalue weighted by Crippen LogP contribution is 2.10. The van der Waals surface area contributed by atoms with E-state index in [4.69, 9.17) is 0 Å². The van der Waals surface area contributed by atoms with Gasteiger partial charge in [0, 0.05) is 26.0 Å². The van der Waals surface area contributed by atoms with Gasteiger partial charge in [0.2, 0.25) is 5.91 Å². The molecule has 0 aromatic carbocycles. The lowest BCUT2D eigenvalue weighted by Gasteiger charge is -2.12. The molecular formula is C18H31NO4S. The highest BCUT2D eigenvalue weighted by atomic mass is 32.2. The van der Waals surface area contributed by atoms with E-state index in [9.17, 15) is 14.4 Å². The summed E-state index contributed by atoms with van der Waals surface area (Å²) in [5, 5.41) is 2.90. The van der Waals surface area contributed by atoms with Crippen LogP contribution in [0, 0.1) is 0 Å². The monoisotopic (exact) mass is 357 g/mol. The molecule has 0 aliphatic rings. The number of hydrogen-bond donors (Lipinski definition) is 1. The van der Waals surface area contributed by atoms with Gasteiger partial charge in [0.1, 0.15) is 0 Å². The molecule has 0 radical (unpaired) electrons. The fraction of sp³-hybridized carbons (Fsp3) is 0.722. The van der Waals surface area contributed by atoms with Crippen LogP contribution in [-0.2, 0) is 19.1 Å². The number of amides is 1. The van der Waals surface area contributed by atoms with Gasteiger partial charge in [-0.25, -0.2) is 0 Å². The molecule has 1 atom stereocenters. The van der Waals surface area contributed by atoms with E-state index in [2.05, 4.69) is 16.1 Å². The van der Waals surface area contributed by atoms with Crippen LogP contribution in [0.2, 0.25) is 0 Å². The van der Waals surface area contributed by atoms with E-state index in [1.54, 1.807) is 0 Å². The van der Waals surface area contributed by atoms with Gasteiger partial charge in [-0.3, -0.25) is 14.4 Å². The van der Waals surface area contributed by atoms with Gasteiger partial charge in [-0.1, -0.05) is 49.6 Å². The largest absolute Gasteiger partial charge is 0.469 e. The lowest BCUT2D eigenvalue weighted by Crippen LogP contribution is -2.33. The van der Waals surface area contributed by atoms with Gasteiger partial charge in [0.05, 0.1) is 13.2 Å². The number of esters is 1. The molecule has 0 aliphatic heterocycles. The Hall–Kier alpha value is -1.30. The van der Waals surface area contributed by atoms with Gasteiger partial charge in [0.15, 0.2) is 5.12 Å². The van der Waals surface area contributed by atoms with Crippen LogP contribution in [0.5, 0.6) is 0 Å². The maximum atomic E-state index is 11.2. The lowest BCUT2D eigenvalue weighted by atomic mass is 10.1. The molecule has 138 valence electrons. The first kappa shape index (κ1) is 22.7. The van der Waals surface area contributed by atoms with Crippen LogP contribution in [0.25, 0.3) is 0 Å². The third kappa shape index (κ3) is 15.6. The van der Waals surface area contributed by atoms with E-state index >= 15 is 0 Å². The van der Waals surface area contributed by atoms with Crippen molar-refractivity contribution in [1.82, 2.24) is 5.32 Å². The molecule has 0 saturated carbocycles. The van der Waals surface area contributed by atoms with Gasteiger partial charge in [0.25, 0.3) is 0 Å². The Morgan fingerprint density at radius 2 is 1.67 bits per heavy atom. The minimum absolute atomic E-state index is 0.0611. The molecule has 0 heterocycles. The zero-order valence-corrected chi connectivity index (χ0v) is 16.0. The van der Waals surface area contributed by atoms with E-state index in [1.807, 2.05) is 6.08 Å². The Morgan fingerprint density at radius 3 is 2.25 bits per heavy atom. The Labute approximate surface area is 150 Å². The molecule has 1 amide bonds. The first-order valence-electron chi connectivity index (χ1n) is 8.59. The SMILES string of the molecule is COC(=O)CCCCCCCC/C=C/[C@H](CSC(C)=O)NC(C)=O. The van der Waals surface area contributed by atoms with Crippen LogP contribution in [0.15, 0.2) is 12.2 Å². The highest BCUT2D eigenvalue weighted by molar-refractivity contribution is 8.13. The van der Waals surface area contributed by atoms with Gasteiger partial charge in [-0.2, -0.15) is 0 Å². The van der Waals surface area contributed by atoms with Crippen LogP contribution in [0.3, 0.4) is 0 Å². The van der Waals surface area contributed by atoms with Gasteiger partial charge in [-0.05, 0) is 19.3 Å². The number of rotatable bonds is 13. The minimum atomic E-state index is -0.128. The van der Waals surface area contributed by atoms with Gasteiger partial charge in [-0.15, -0.1) is 0 Å². The van der Waals surface area contributed by atoms with E-state index in [1.165, 1.54) is 39.1 Å². The average molecular weight is 358 g/mol. The quantitative estimate of drug-likeness (QED) is 0.310. The number of allylic oxidation sites excluding steroid dienone is 1. The summed E-state index contributed by atoms with van der Waals surface area (Å²) < 4.78 is 4.60. The summed E-state index contributed by atoms with van der Waals surface area (Å²) in [5.41, 5.74) is 0. The number of carbonyl (C=O) groups is 3. The summed E-state index contributed by atoms with van der Waals surface area (Å²) in [7, 11) is 1.42. The number of ether oxygens (including phenoxy) is 1. The molecule has 0 aliphatic carbocycles. The second-order valence-electron chi connectivity index (χ2n) is 5.77. The number of thioether (sulfide) groups is 1. The number of nitrogens with one attached hydrogen (secondary N) is 1. The summed E-state index contributed by atoms with van der Waals surface area (Å²) in [4.78, 5) is 33.1. The lowest BCUT2D eigenvalue weighted by molar-refractivity contribution is -0.140. The topological polar surface area (TPSA) is 72.5 Å². The maximum absolute atomic E-state index is 11.2. The fourth-order valence-corrected chi connectivity index (χ4v) is 2.82. The molecule has 6 heteroatoms. The van der Waals surface area contributed by atoms with Crippen molar-refractivity contribution < 1.29 is 19.1 Å². The standard InChI is InChI=1S/C18H31NO4S/c1-15(20)19-17(14-24-16(2)21)12-10-8-6-4-5-7-9-11-13-18(22)23-3/h10,12,17H,4-9,11,13-14H2,1-3H3,(H,19,20)/b12-10+/t17-/m1/s1. The second-order valence-corrected chi connectivity index (χ2v) is 6.97. The highest BCUT2D eigenvalue weighted by Gasteiger charge is 2.07. The third-order valence-electron chi connectivity index (χ3n) is 3.45. The molecule has 1 N–H and O–H groups in total. The molecule has 0 unspecified atom stereocenters. The smallest absolute Gasteiger partial charge is 0.305 e. The van der Waals surface area contributed by atoms with Gasteiger partial charge >= 0.3 is 5.97 Å². The van der Waals surface area contributed by atoms with Crippen molar-refractivity contribution in [3.05, 3.63) is 12.2 Å². The molecule has 0 fully saturated rings. The summed E-state index contributed by atoms with van der Waals surface area (Å²) in [6.45, 7) is 3.02. The van der Waals surface area contributed by atoms with Crippen LogP contribution in [-0.4, -0.2) is 35.9 Å². The molecular weight excluding hydrogens is 326 g/mol. The summed E-state index contributed by atoms with van der Waals surface area (Å²) >= 11 is 1.23. The van der Waals surface area contributed by atoms with Crippen LogP contribution in [0.1, 0.15) is 65.2 Å². The Balaban J connectivity index is 3.70.